The highest BCUT2D eigenvalue weighted by Crippen LogP contribution is 2.15. The highest BCUT2D eigenvalue weighted by molar-refractivity contribution is 6.34. The minimum Gasteiger partial charge on any atom is -0.379 e. The summed E-state index contributed by atoms with van der Waals surface area (Å²) < 4.78 is 10.6. The number of benzene rings is 1. The van der Waals surface area contributed by atoms with Gasteiger partial charge >= 0.3 is 0 Å². The van der Waals surface area contributed by atoms with Gasteiger partial charge in [0.2, 0.25) is 0 Å². The second kappa shape index (κ2) is 7.43. The molecule has 0 amide bonds. The van der Waals surface area contributed by atoms with Crippen molar-refractivity contribution in [1.82, 2.24) is 0 Å². The molecule has 0 aliphatic carbocycles. The Hall–Kier alpha value is -0.900. The number of Topliss-reactive ketones (excluding diaryl/α,β-unsaturated/α-hetero) is 1. The third-order valence-electron chi connectivity index (χ3n) is 2.23. The molecule has 0 aromatic heterocycles. The predicted molar refractivity (Wildman–Crippen MR) is 67.7 cm³/mol. The normalized spacial score (nSPS) is 12.4. The quantitative estimate of drug-likeness (QED) is 0.704. The maximum Gasteiger partial charge on any atom is 0.189 e. The molecular weight excluding hydrogens is 240 g/mol. The molecule has 1 aromatic rings. The summed E-state index contributed by atoms with van der Waals surface area (Å²) in [6.45, 7) is 4.95. The van der Waals surface area contributed by atoms with Gasteiger partial charge in [0.1, 0.15) is 6.61 Å². The molecule has 1 atom stereocenters. The van der Waals surface area contributed by atoms with Crippen molar-refractivity contribution in [3.8, 4) is 0 Å². The van der Waals surface area contributed by atoms with E-state index in [4.69, 9.17) is 21.1 Å². The highest BCUT2D eigenvalue weighted by Gasteiger charge is 2.11. The lowest BCUT2D eigenvalue weighted by atomic mass is 10.1. The molecule has 94 valence electrons. The van der Waals surface area contributed by atoms with Gasteiger partial charge in [0.25, 0.3) is 0 Å². The first-order valence-corrected chi connectivity index (χ1v) is 6.00. The molecule has 0 saturated carbocycles. The van der Waals surface area contributed by atoms with Crippen LogP contribution in [0.2, 0.25) is 5.02 Å². The maximum absolute atomic E-state index is 11.8. The number of hydrogen-bond donors (Lipinski definition) is 0. The van der Waals surface area contributed by atoms with Gasteiger partial charge in [-0.3, -0.25) is 4.79 Å². The Balaban J connectivity index is 2.42. The lowest BCUT2D eigenvalue weighted by Crippen LogP contribution is -2.20. The van der Waals surface area contributed by atoms with Crippen LogP contribution in [-0.4, -0.2) is 31.7 Å². The number of ether oxygens (including phenoxy) is 2. The van der Waals surface area contributed by atoms with Gasteiger partial charge in [-0.05, 0) is 26.0 Å². The Morgan fingerprint density at radius 3 is 2.76 bits per heavy atom. The zero-order valence-electron chi connectivity index (χ0n) is 10.1. The van der Waals surface area contributed by atoms with Gasteiger partial charge in [0.15, 0.2) is 5.78 Å². The molecule has 0 saturated heterocycles. The molecular formula is C13H17ClO3. The van der Waals surface area contributed by atoms with Crippen molar-refractivity contribution in [1.29, 1.82) is 0 Å². The minimum atomic E-state index is -0.112. The Kier molecular flexibility index (Phi) is 6.19. The molecule has 0 bridgehead atoms. The van der Waals surface area contributed by atoms with E-state index >= 15 is 0 Å². The van der Waals surface area contributed by atoms with E-state index in [9.17, 15) is 4.79 Å². The van der Waals surface area contributed by atoms with E-state index in [0.29, 0.717) is 23.8 Å². The van der Waals surface area contributed by atoms with Crippen LogP contribution in [0.5, 0.6) is 0 Å². The largest absolute Gasteiger partial charge is 0.379 e. The first kappa shape index (κ1) is 14.2. The Morgan fingerprint density at radius 1 is 1.41 bits per heavy atom. The third-order valence-corrected chi connectivity index (χ3v) is 2.56. The first-order chi connectivity index (χ1) is 8.15. The van der Waals surface area contributed by atoms with Crippen molar-refractivity contribution in [2.45, 2.75) is 20.0 Å². The Labute approximate surface area is 107 Å². The van der Waals surface area contributed by atoms with Crippen LogP contribution in [0.4, 0.5) is 0 Å². The first-order valence-electron chi connectivity index (χ1n) is 5.62. The number of rotatable bonds is 7. The SMILES string of the molecule is CCOCC(C)OCC(=O)c1ccccc1Cl. The van der Waals surface area contributed by atoms with Gasteiger partial charge in [-0.25, -0.2) is 0 Å². The van der Waals surface area contributed by atoms with Crippen molar-refractivity contribution in [3.05, 3.63) is 34.9 Å². The summed E-state index contributed by atoms with van der Waals surface area (Å²) in [6.07, 6.45) is -0.0959. The van der Waals surface area contributed by atoms with Crippen molar-refractivity contribution in [3.63, 3.8) is 0 Å². The van der Waals surface area contributed by atoms with Crippen LogP contribution in [-0.2, 0) is 9.47 Å². The van der Waals surface area contributed by atoms with E-state index < -0.39 is 0 Å². The van der Waals surface area contributed by atoms with Crippen LogP contribution in [0.25, 0.3) is 0 Å². The molecule has 17 heavy (non-hydrogen) atoms. The molecule has 3 nitrogen and oxygen atoms in total. The zero-order valence-corrected chi connectivity index (χ0v) is 10.9. The molecule has 0 aliphatic rings. The van der Waals surface area contributed by atoms with E-state index in [0.717, 1.165) is 0 Å². The third kappa shape index (κ3) is 4.86. The van der Waals surface area contributed by atoms with E-state index in [2.05, 4.69) is 0 Å². The van der Waals surface area contributed by atoms with E-state index in [1.54, 1.807) is 24.3 Å². The van der Waals surface area contributed by atoms with E-state index in [1.165, 1.54) is 0 Å². The lowest BCUT2D eigenvalue weighted by Gasteiger charge is -2.12. The van der Waals surface area contributed by atoms with Crippen molar-refractivity contribution in [2.24, 2.45) is 0 Å². The van der Waals surface area contributed by atoms with Gasteiger partial charge in [-0.15, -0.1) is 0 Å². The number of halogens is 1. The molecule has 4 heteroatoms. The fraction of sp³-hybridized carbons (Fsp3) is 0.462. The Bertz CT molecular complexity index is 365. The lowest BCUT2D eigenvalue weighted by molar-refractivity contribution is 0.00116. The molecule has 1 aromatic carbocycles. The maximum atomic E-state index is 11.8. The molecule has 0 spiro atoms. The number of hydrogen-bond acceptors (Lipinski definition) is 3. The molecule has 0 heterocycles. The van der Waals surface area contributed by atoms with Gasteiger partial charge in [-0.1, -0.05) is 23.7 Å². The molecule has 0 radical (unpaired) electrons. The van der Waals surface area contributed by atoms with Crippen LogP contribution in [0.1, 0.15) is 24.2 Å². The molecule has 1 unspecified atom stereocenters. The highest BCUT2D eigenvalue weighted by atomic mass is 35.5. The average Bonchev–Trinajstić information content (AvgIpc) is 2.34. The topological polar surface area (TPSA) is 35.5 Å². The molecule has 0 fully saturated rings. The summed E-state index contributed by atoms with van der Waals surface area (Å²) in [5.41, 5.74) is 0.498. The average molecular weight is 257 g/mol. The molecule has 0 N–H and O–H groups in total. The molecule has 0 aliphatic heterocycles. The van der Waals surface area contributed by atoms with Crippen LogP contribution in [0, 0.1) is 0 Å². The smallest absolute Gasteiger partial charge is 0.189 e. The van der Waals surface area contributed by atoms with Crippen LogP contribution in [0.15, 0.2) is 24.3 Å². The Morgan fingerprint density at radius 2 is 2.12 bits per heavy atom. The standard InChI is InChI=1S/C13H17ClO3/c1-3-16-8-10(2)17-9-13(15)11-6-4-5-7-12(11)14/h4-7,10H,3,8-9H2,1-2H3. The molecule has 1 rings (SSSR count). The summed E-state index contributed by atoms with van der Waals surface area (Å²) >= 11 is 5.92. The number of ketones is 1. The fourth-order valence-electron chi connectivity index (χ4n) is 1.31. The van der Waals surface area contributed by atoms with Crippen molar-refractivity contribution >= 4 is 17.4 Å². The summed E-state index contributed by atoms with van der Waals surface area (Å²) in [6, 6.07) is 6.96. The minimum absolute atomic E-state index is 0.0258. The van der Waals surface area contributed by atoms with Crippen molar-refractivity contribution in [2.75, 3.05) is 19.8 Å². The van der Waals surface area contributed by atoms with Gasteiger partial charge in [-0.2, -0.15) is 0 Å². The van der Waals surface area contributed by atoms with Crippen molar-refractivity contribution < 1.29 is 14.3 Å². The monoisotopic (exact) mass is 256 g/mol. The van der Waals surface area contributed by atoms with Gasteiger partial charge < -0.3 is 9.47 Å². The summed E-state index contributed by atoms with van der Waals surface area (Å²) in [5, 5.41) is 0.457. The van der Waals surface area contributed by atoms with Crippen LogP contribution < -0.4 is 0 Å². The number of carbonyl (C=O) groups is 1. The van der Waals surface area contributed by atoms with Crippen LogP contribution >= 0.6 is 11.6 Å². The summed E-state index contributed by atoms with van der Waals surface area (Å²) in [5.74, 6) is -0.112. The second-order valence-electron chi connectivity index (χ2n) is 3.68. The summed E-state index contributed by atoms with van der Waals surface area (Å²) in [4.78, 5) is 11.8. The van der Waals surface area contributed by atoms with E-state index in [-0.39, 0.29) is 18.5 Å². The zero-order chi connectivity index (χ0) is 12.7. The number of carbonyl (C=O) groups excluding carboxylic acids is 1. The van der Waals surface area contributed by atoms with Gasteiger partial charge in [0, 0.05) is 12.2 Å². The van der Waals surface area contributed by atoms with Crippen LogP contribution in [0.3, 0.4) is 0 Å². The second-order valence-corrected chi connectivity index (χ2v) is 4.09. The van der Waals surface area contributed by atoms with Gasteiger partial charge in [0.05, 0.1) is 17.7 Å². The van der Waals surface area contributed by atoms with E-state index in [1.807, 2.05) is 13.8 Å². The summed E-state index contributed by atoms with van der Waals surface area (Å²) in [7, 11) is 0. The fourth-order valence-corrected chi connectivity index (χ4v) is 1.56. The predicted octanol–water partition coefficient (Wildman–Crippen LogP) is 2.96.